The van der Waals surface area contributed by atoms with Gasteiger partial charge in [0.25, 0.3) is 0 Å². The lowest BCUT2D eigenvalue weighted by Crippen LogP contribution is -2.35. The van der Waals surface area contributed by atoms with Gasteiger partial charge in [-0.15, -0.1) is 0 Å². The molecule has 0 N–H and O–H groups in total. The number of esters is 1. The van der Waals surface area contributed by atoms with E-state index in [9.17, 15) is 9.59 Å². The molecule has 5 nitrogen and oxygen atoms in total. The van der Waals surface area contributed by atoms with Crippen LogP contribution < -0.4 is 0 Å². The summed E-state index contributed by atoms with van der Waals surface area (Å²) in [7, 11) is 1.36. The second kappa shape index (κ2) is 6.38. The zero-order chi connectivity index (χ0) is 16.3. The Bertz CT molecular complexity index is 551. The number of carbonyl (C=O) groups excluding carboxylic acids is 2. The predicted octanol–water partition coefficient (Wildman–Crippen LogP) is 2.84. The lowest BCUT2D eigenvalue weighted by Gasteiger charge is -2.24. The largest absolute Gasteiger partial charge is 0.466 e. The number of hydrogen-bond acceptors (Lipinski definition) is 4. The third kappa shape index (κ3) is 4.23. The normalized spacial score (nSPS) is 21.3. The smallest absolute Gasteiger partial charge is 0.410 e. The van der Waals surface area contributed by atoms with Gasteiger partial charge < -0.3 is 9.47 Å². The minimum Gasteiger partial charge on any atom is -0.466 e. The van der Waals surface area contributed by atoms with Gasteiger partial charge in [-0.1, -0.05) is 18.2 Å². The first-order valence-electron chi connectivity index (χ1n) is 7.41. The van der Waals surface area contributed by atoms with Crippen LogP contribution >= 0.6 is 0 Å². The second-order valence-corrected chi connectivity index (χ2v) is 6.57. The van der Waals surface area contributed by atoms with Crippen LogP contribution in [0.2, 0.25) is 0 Å². The van der Waals surface area contributed by atoms with E-state index in [2.05, 4.69) is 10.8 Å². The van der Waals surface area contributed by atoms with E-state index in [1.54, 1.807) is 4.90 Å². The van der Waals surface area contributed by atoms with Crippen molar-refractivity contribution in [3.8, 4) is 0 Å². The summed E-state index contributed by atoms with van der Waals surface area (Å²) in [6, 6.07) is 0. The highest BCUT2D eigenvalue weighted by Crippen LogP contribution is 2.31. The van der Waals surface area contributed by atoms with Gasteiger partial charge in [0.05, 0.1) is 7.11 Å². The van der Waals surface area contributed by atoms with Crippen molar-refractivity contribution >= 4 is 12.1 Å². The molecule has 0 spiro atoms. The first-order chi connectivity index (χ1) is 10.3. The minimum atomic E-state index is -0.484. The van der Waals surface area contributed by atoms with E-state index in [1.807, 2.05) is 32.9 Å². The fraction of sp³-hybridized carbons (Fsp3) is 0.529. The van der Waals surface area contributed by atoms with Crippen molar-refractivity contribution in [1.82, 2.24) is 4.90 Å². The van der Waals surface area contributed by atoms with Crippen LogP contribution in [0.3, 0.4) is 0 Å². The van der Waals surface area contributed by atoms with Crippen molar-refractivity contribution in [2.75, 3.05) is 20.2 Å². The number of rotatable bonds is 2. The molecule has 1 amide bonds. The summed E-state index contributed by atoms with van der Waals surface area (Å²) >= 11 is 0. The molecule has 1 aliphatic heterocycles. The van der Waals surface area contributed by atoms with Crippen molar-refractivity contribution in [3.05, 3.63) is 35.5 Å². The molecular formula is C17H23NO4. The second-order valence-electron chi connectivity index (χ2n) is 6.57. The summed E-state index contributed by atoms with van der Waals surface area (Å²) in [4.78, 5) is 25.0. The molecule has 1 atom stereocenters. The zero-order valence-corrected chi connectivity index (χ0v) is 13.6. The van der Waals surface area contributed by atoms with Crippen LogP contribution in [0.5, 0.6) is 0 Å². The number of methoxy groups -OCH3 is 1. The highest BCUT2D eigenvalue weighted by Gasteiger charge is 2.30. The number of hydrogen-bond donors (Lipinski definition) is 0. The number of carbonyl (C=O) groups is 2. The average molecular weight is 305 g/mol. The monoisotopic (exact) mass is 305 g/mol. The molecule has 120 valence electrons. The maximum Gasteiger partial charge on any atom is 0.410 e. The molecule has 5 heteroatoms. The Hall–Kier alpha value is -2.04. The first-order valence-corrected chi connectivity index (χ1v) is 7.41. The molecule has 0 aromatic carbocycles. The molecule has 0 saturated heterocycles. The maximum atomic E-state index is 12.1. The number of amides is 1. The number of allylic oxidation sites excluding steroid dienone is 2. The summed E-state index contributed by atoms with van der Waals surface area (Å²) in [6.45, 7) is 6.77. The summed E-state index contributed by atoms with van der Waals surface area (Å²) in [5.74, 6) is -0.189. The topological polar surface area (TPSA) is 55.8 Å². The standard InChI is InChI=1S/C17H23NO4/c1-17(2,3)22-16(20)18-10-13-7-5-12(9-14(13)11-18)6-8-15(19)21-4/h5-8,12H,9-11H2,1-4H3/b8-6+. The van der Waals surface area contributed by atoms with Gasteiger partial charge in [0.2, 0.25) is 0 Å². The van der Waals surface area contributed by atoms with Crippen LogP contribution in [0.15, 0.2) is 35.5 Å². The Labute approximate surface area is 131 Å². The van der Waals surface area contributed by atoms with Crippen molar-refractivity contribution in [3.63, 3.8) is 0 Å². The van der Waals surface area contributed by atoms with E-state index < -0.39 is 5.60 Å². The third-order valence-corrected chi connectivity index (χ3v) is 3.56. The molecular weight excluding hydrogens is 282 g/mol. The van der Waals surface area contributed by atoms with Crippen LogP contribution in [-0.4, -0.2) is 42.8 Å². The van der Waals surface area contributed by atoms with Gasteiger partial charge >= 0.3 is 12.1 Å². The van der Waals surface area contributed by atoms with Gasteiger partial charge in [0.15, 0.2) is 0 Å². The van der Waals surface area contributed by atoms with Gasteiger partial charge in [0, 0.05) is 19.2 Å². The van der Waals surface area contributed by atoms with Crippen molar-refractivity contribution in [2.24, 2.45) is 5.92 Å². The Morgan fingerprint density at radius 2 is 2.05 bits per heavy atom. The van der Waals surface area contributed by atoms with Gasteiger partial charge in [-0.05, 0) is 44.3 Å². The molecule has 1 aliphatic carbocycles. The maximum absolute atomic E-state index is 12.1. The lowest BCUT2D eigenvalue weighted by molar-refractivity contribution is -0.134. The van der Waals surface area contributed by atoms with Crippen molar-refractivity contribution in [1.29, 1.82) is 0 Å². The molecule has 1 unspecified atom stereocenters. The fourth-order valence-corrected chi connectivity index (χ4v) is 2.52. The molecule has 22 heavy (non-hydrogen) atoms. The van der Waals surface area contributed by atoms with Crippen LogP contribution in [0, 0.1) is 5.92 Å². The Kier molecular flexibility index (Phi) is 4.74. The van der Waals surface area contributed by atoms with E-state index in [4.69, 9.17) is 4.74 Å². The fourth-order valence-electron chi connectivity index (χ4n) is 2.52. The zero-order valence-electron chi connectivity index (χ0n) is 13.6. The van der Waals surface area contributed by atoms with Crippen LogP contribution in [0.4, 0.5) is 4.79 Å². The molecule has 2 aliphatic rings. The van der Waals surface area contributed by atoms with E-state index in [1.165, 1.54) is 24.3 Å². The Morgan fingerprint density at radius 3 is 2.68 bits per heavy atom. The van der Waals surface area contributed by atoms with E-state index in [0.717, 1.165) is 6.42 Å². The van der Waals surface area contributed by atoms with Gasteiger partial charge in [-0.25, -0.2) is 9.59 Å². The molecule has 0 fully saturated rings. The summed E-state index contributed by atoms with van der Waals surface area (Å²) in [5.41, 5.74) is 1.92. The van der Waals surface area contributed by atoms with Crippen molar-refractivity contribution < 1.29 is 19.1 Å². The molecule has 0 aromatic heterocycles. The van der Waals surface area contributed by atoms with Crippen LogP contribution in [-0.2, 0) is 14.3 Å². The van der Waals surface area contributed by atoms with E-state index >= 15 is 0 Å². The quantitative estimate of drug-likeness (QED) is 0.581. The molecule has 1 heterocycles. The highest BCUT2D eigenvalue weighted by atomic mass is 16.6. The lowest BCUT2D eigenvalue weighted by atomic mass is 9.91. The van der Waals surface area contributed by atoms with Crippen LogP contribution in [0.25, 0.3) is 0 Å². The number of nitrogens with zero attached hydrogens (tertiary/aromatic N) is 1. The van der Waals surface area contributed by atoms with Gasteiger partial charge in [-0.2, -0.15) is 0 Å². The predicted molar refractivity (Wildman–Crippen MR) is 83.2 cm³/mol. The molecule has 0 bridgehead atoms. The Morgan fingerprint density at radius 1 is 1.32 bits per heavy atom. The molecule has 0 aromatic rings. The average Bonchev–Trinajstić information content (AvgIpc) is 2.86. The molecule has 0 radical (unpaired) electrons. The highest BCUT2D eigenvalue weighted by molar-refractivity contribution is 5.81. The third-order valence-electron chi connectivity index (χ3n) is 3.56. The SMILES string of the molecule is COC(=O)/C=C/C1C=CC2=C(C1)CN(C(=O)OC(C)(C)C)C2. The molecule has 0 saturated carbocycles. The Balaban J connectivity index is 1.93. The first kappa shape index (κ1) is 16.3. The number of ether oxygens (including phenoxy) is 2. The minimum absolute atomic E-state index is 0.163. The van der Waals surface area contributed by atoms with E-state index in [-0.39, 0.29) is 18.0 Å². The van der Waals surface area contributed by atoms with Gasteiger partial charge in [0.1, 0.15) is 5.60 Å². The van der Waals surface area contributed by atoms with Gasteiger partial charge in [-0.3, -0.25) is 4.90 Å². The van der Waals surface area contributed by atoms with E-state index in [0.29, 0.717) is 13.1 Å². The van der Waals surface area contributed by atoms with Crippen molar-refractivity contribution in [2.45, 2.75) is 32.8 Å². The van der Waals surface area contributed by atoms with Crippen LogP contribution in [0.1, 0.15) is 27.2 Å². The summed E-state index contributed by atoms with van der Waals surface area (Å²) < 4.78 is 10.0. The molecule has 2 rings (SSSR count). The summed E-state index contributed by atoms with van der Waals surface area (Å²) in [6.07, 6.45) is 7.91. The summed E-state index contributed by atoms with van der Waals surface area (Å²) in [5, 5.41) is 0.